The number of rotatable bonds is 3. The molecule has 0 unspecified atom stereocenters. The molecular weight excluding hydrogens is 278 g/mol. The average Bonchev–Trinajstić information content (AvgIpc) is 2.55. The van der Waals surface area contributed by atoms with Crippen LogP contribution in [0.3, 0.4) is 0 Å². The van der Waals surface area contributed by atoms with Gasteiger partial charge in [0.2, 0.25) is 0 Å². The molecule has 2 rings (SSSR count). The second-order valence-electron chi connectivity index (χ2n) is 4.92. The zero-order valence-corrected chi connectivity index (χ0v) is 12.3. The first kappa shape index (κ1) is 12.4. The molecule has 0 bridgehead atoms. The Morgan fingerprint density at radius 1 is 1.41 bits per heavy atom. The van der Waals surface area contributed by atoms with Crippen molar-refractivity contribution < 1.29 is 0 Å². The zero-order valence-electron chi connectivity index (χ0n) is 10.7. The Morgan fingerprint density at radius 2 is 2.12 bits per heavy atom. The van der Waals surface area contributed by atoms with Gasteiger partial charge in [-0.25, -0.2) is 4.98 Å². The van der Waals surface area contributed by atoms with Crippen molar-refractivity contribution in [1.29, 1.82) is 0 Å². The summed E-state index contributed by atoms with van der Waals surface area (Å²) in [6.45, 7) is 4.43. The quantitative estimate of drug-likeness (QED) is 0.865. The van der Waals surface area contributed by atoms with Crippen LogP contribution in [-0.2, 0) is 6.42 Å². The molecule has 0 saturated heterocycles. The van der Waals surface area contributed by atoms with Crippen LogP contribution in [0.1, 0.15) is 19.7 Å². The minimum Gasteiger partial charge on any atom is -0.376 e. The zero-order chi connectivity index (χ0) is 12.6. The number of halogens is 1. The number of aromatic nitrogens is 2. The molecule has 0 N–H and O–H groups in total. The second-order valence-corrected chi connectivity index (χ2v) is 5.67. The average molecular weight is 296 g/mol. The Bertz CT molecular complexity index is 529. The second kappa shape index (κ2) is 4.69. The lowest BCUT2D eigenvalue weighted by Crippen LogP contribution is -2.10. The van der Waals surface area contributed by atoms with Crippen molar-refractivity contribution in [2.24, 2.45) is 5.92 Å². The van der Waals surface area contributed by atoms with Crippen molar-refractivity contribution in [3.63, 3.8) is 0 Å². The van der Waals surface area contributed by atoms with Gasteiger partial charge in [0.1, 0.15) is 15.9 Å². The van der Waals surface area contributed by atoms with Gasteiger partial charge in [-0.1, -0.05) is 13.8 Å². The topological polar surface area (TPSA) is 20.5 Å². The highest BCUT2D eigenvalue weighted by atomic mass is 79.9. The lowest BCUT2D eigenvalue weighted by Gasteiger charge is -2.14. The summed E-state index contributed by atoms with van der Waals surface area (Å²) >= 11 is 3.57. The van der Waals surface area contributed by atoms with E-state index in [9.17, 15) is 0 Å². The molecule has 2 aromatic heterocycles. The molecule has 0 aromatic carbocycles. The standard InChI is InChI=1S/C13H18BrN3/c1-9(2)8-11-15-13(14)12-10(16(3)4)6-5-7-17(11)12/h5-7,9H,8H2,1-4H3. The third kappa shape index (κ3) is 2.32. The third-order valence-electron chi connectivity index (χ3n) is 2.75. The van der Waals surface area contributed by atoms with Gasteiger partial charge in [0.25, 0.3) is 0 Å². The van der Waals surface area contributed by atoms with E-state index in [2.05, 4.69) is 76.5 Å². The van der Waals surface area contributed by atoms with Gasteiger partial charge in [0, 0.05) is 26.7 Å². The minimum atomic E-state index is 0.607. The van der Waals surface area contributed by atoms with Crippen LogP contribution in [0, 0.1) is 5.92 Å². The van der Waals surface area contributed by atoms with E-state index in [0.29, 0.717) is 5.92 Å². The third-order valence-corrected chi connectivity index (χ3v) is 3.30. The first-order valence-electron chi connectivity index (χ1n) is 5.83. The summed E-state index contributed by atoms with van der Waals surface area (Å²) in [4.78, 5) is 6.74. The van der Waals surface area contributed by atoms with Crippen LogP contribution in [0.4, 0.5) is 5.69 Å². The largest absolute Gasteiger partial charge is 0.376 e. The molecule has 0 radical (unpaired) electrons. The van der Waals surface area contributed by atoms with E-state index < -0.39 is 0 Å². The van der Waals surface area contributed by atoms with E-state index in [-0.39, 0.29) is 0 Å². The van der Waals surface area contributed by atoms with Crippen LogP contribution in [0.5, 0.6) is 0 Å². The van der Waals surface area contributed by atoms with Crippen LogP contribution >= 0.6 is 15.9 Å². The molecular formula is C13H18BrN3. The Labute approximate surface area is 111 Å². The number of anilines is 1. The molecule has 0 atom stereocenters. The smallest absolute Gasteiger partial charge is 0.134 e. The first-order valence-corrected chi connectivity index (χ1v) is 6.62. The van der Waals surface area contributed by atoms with Gasteiger partial charge in [0.15, 0.2) is 0 Å². The van der Waals surface area contributed by atoms with Gasteiger partial charge in [-0.3, -0.25) is 0 Å². The lowest BCUT2D eigenvalue weighted by atomic mass is 10.1. The van der Waals surface area contributed by atoms with Crippen LogP contribution in [0.25, 0.3) is 5.52 Å². The molecule has 0 aliphatic carbocycles. The molecule has 0 aliphatic rings. The fraction of sp³-hybridized carbons (Fsp3) is 0.462. The number of hydrogen-bond donors (Lipinski definition) is 0. The van der Waals surface area contributed by atoms with Gasteiger partial charge < -0.3 is 9.30 Å². The molecule has 2 heterocycles. The molecule has 4 heteroatoms. The summed E-state index contributed by atoms with van der Waals surface area (Å²) in [5.41, 5.74) is 2.33. The maximum atomic E-state index is 4.63. The van der Waals surface area contributed by atoms with E-state index >= 15 is 0 Å². The Hall–Kier alpha value is -1.03. The molecule has 3 nitrogen and oxygen atoms in total. The number of fused-ring (bicyclic) bond motifs is 1. The summed E-state index contributed by atoms with van der Waals surface area (Å²) in [7, 11) is 4.10. The lowest BCUT2D eigenvalue weighted by molar-refractivity contribution is 0.619. The normalized spacial score (nSPS) is 11.4. The SMILES string of the molecule is CC(C)Cc1nc(Br)c2c(N(C)C)cccn12. The molecule has 17 heavy (non-hydrogen) atoms. The predicted molar refractivity (Wildman–Crippen MR) is 75.8 cm³/mol. The molecule has 0 saturated carbocycles. The van der Waals surface area contributed by atoms with Crippen molar-refractivity contribution in [2.75, 3.05) is 19.0 Å². The van der Waals surface area contributed by atoms with Crippen molar-refractivity contribution in [3.8, 4) is 0 Å². The Balaban J connectivity index is 2.64. The van der Waals surface area contributed by atoms with Crippen molar-refractivity contribution >= 4 is 27.1 Å². The summed E-state index contributed by atoms with van der Waals surface area (Å²) < 4.78 is 3.11. The number of pyridine rings is 1. The van der Waals surface area contributed by atoms with Gasteiger partial charge in [-0.05, 0) is 34.0 Å². The van der Waals surface area contributed by atoms with E-state index in [4.69, 9.17) is 0 Å². The van der Waals surface area contributed by atoms with Gasteiger partial charge in [-0.15, -0.1) is 0 Å². The van der Waals surface area contributed by atoms with Crippen LogP contribution in [0.2, 0.25) is 0 Å². The molecule has 0 aliphatic heterocycles. The molecule has 0 amide bonds. The van der Waals surface area contributed by atoms with Crippen LogP contribution < -0.4 is 4.90 Å². The van der Waals surface area contributed by atoms with E-state index in [1.54, 1.807) is 0 Å². The van der Waals surface area contributed by atoms with E-state index in [0.717, 1.165) is 22.4 Å². The molecule has 92 valence electrons. The number of imidazole rings is 1. The summed E-state index contributed by atoms with van der Waals surface area (Å²) in [6.07, 6.45) is 3.07. The molecule has 0 spiro atoms. The van der Waals surface area contributed by atoms with Crippen LogP contribution in [0.15, 0.2) is 22.9 Å². The predicted octanol–water partition coefficient (Wildman–Crippen LogP) is 3.36. The van der Waals surface area contributed by atoms with Crippen molar-refractivity contribution in [1.82, 2.24) is 9.38 Å². The van der Waals surface area contributed by atoms with E-state index in [1.807, 2.05) is 0 Å². The number of hydrogen-bond acceptors (Lipinski definition) is 2. The highest BCUT2D eigenvalue weighted by molar-refractivity contribution is 9.10. The molecule has 2 aromatic rings. The Kier molecular flexibility index (Phi) is 3.43. The fourth-order valence-electron chi connectivity index (χ4n) is 2.01. The van der Waals surface area contributed by atoms with E-state index in [1.165, 1.54) is 5.69 Å². The van der Waals surface area contributed by atoms with Gasteiger partial charge in [-0.2, -0.15) is 0 Å². The first-order chi connectivity index (χ1) is 8.00. The molecule has 0 fully saturated rings. The monoisotopic (exact) mass is 295 g/mol. The maximum Gasteiger partial charge on any atom is 0.134 e. The number of nitrogens with zero attached hydrogens (tertiary/aromatic N) is 3. The summed E-state index contributed by atoms with van der Waals surface area (Å²) in [5.74, 6) is 1.72. The maximum absolute atomic E-state index is 4.63. The summed E-state index contributed by atoms with van der Waals surface area (Å²) in [5, 5.41) is 0. The van der Waals surface area contributed by atoms with Crippen molar-refractivity contribution in [2.45, 2.75) is 20.3 Å². The fourth-order valence-corrected chi connectivity index (χ4v) is 2.61. The van der Waals surface area contributed by atoms with Crippen molar-refractivity contribution in [3.05, 3.63) is 28.8 Å². The Morgan fingerprint density at radius 3 is 2.71 bits per heavy atom. The highest BCUT2D eigenvalue weighted by Gasteiger charge is 2.14. The van der Waals surface area contributed by atoms with Gasteiger partial charge >= 0.3 is 0 Å². The minimum absolute atomic E-state index is 0.607. The van der Waals surface area contributed by atoms with Crippen LogP contribution in [-0.4, -0.2) is 23.5 Å². The summed E-state index contributed by atoms with van der Waals surface area (Å²) in [6, 6.07) is 4.18. The highest BCUT2D eigenvalue weighted by Crippen LogP contribution is 2.28. The van der Waals surface area contributed by atoms with Gasteiger partial charge in [0.05, 0.1) is 5.69 Å².